The van der Waals surface area contributed by atoms with Crippen molar-refractivity contribution in [2.45, 2.75) is 32.4 Å². The Morgan fingerprint density at radius 2 is 1.69 bits per heavy atom. The van der Waals surface area contributed by atoms with Gasteiger partial charge in [0, 0.05) is 55.5 Å². The average Bonchev–Trinajstić information content (AvgIpc) is 2.74. The third-order valence-electron chi connectivity index (χ3n) is 5.91. The lowest BCUT2D eigenvalue weighted by atomic mass is 10.1. The first-order valence-corrected chi connectivity index (χ1v) is 10.8. The molecule has 1 aromatic heterocycles. The first kappa shape index (κ1) is 20.3. The normalized spacial score (nSPS) is 18.9. The number of aromatic hydroxyl groups is 1. The summed E-state index contributed by atoms with van der Waals surface area (Å²) in [7, 11) is 0. The zero-order chi connectivity index (χ0) is 20.2. The summed E-state index contributed by atoms with van der Waals surface area (Å²) in [6.07, 6.45) is 5.05. The topological polar surface area (TPSA) is 60.2 Å². The van der Waals surface area contributed by atoms with E-state index >= 15 is 0 Å². The number of hydrogen-bond acceptors (Lipinski definition) is 6. The van der Waals surface area contributed by atoms with Gasteiger partial charge < -0.3 is 14.4 Å². The van der Waals surface area contributed by atoms with Gasteiger partial charge >= 0.3 is 5.63 Å². The molecule has 2 aromatic rings. The number of rotatable bonds is 5. The van der Waals surface area contributed by atoms with Crippen LogP contribution < -0.4 is 10.5 Å². The smallest absolute Gasteiger partial charge is 0.343 e. The van der Waals surface area contributed by atoms with Crippen molar-refractivity contribution < 1.29 is 9.52 Å². The molecule has 156 valence electrons. The molecule has 0 bridgehead atoms. The van der Waals surface area contributed by atoms with E-state index in [4.69, 9.17) is 16.0 Å². The van der Waals surface area contributed by atoms with Crippen LogP contribution in [0.1, 0.15) is 30.4 Å². The Kier molecular flexibility index (Phi) is 6.43. The van der Waals surface area contributed by atoms with Crippen LogP contribution in [0.15, 0.2) is 39.7 Å². The predicted octanol–water partition coefficient (Wildman–Crippen LogP) is 3.31. The molecule has 6 nitrogen and oxygen atoms in total. The molecule has 2 saturated heterocycles. The summed E-state index contributed by atoms with van der Waals surface area (Å²) in [5.41, 5.74) is 1.75. The minimum atomic E-state index is -0.442. The van der Waals surface area contributed by atoms with E-state index in [-0.39, 0.29) is 5.75 Å². The van der Waals surface area contributed by atoms with Crippen LogP contribution in [-0.4, -0.2) is 54.2 Å². The van der Waals surface area contributed by atoms with E-state index in [0.717, 1.165) is 50.0 Å². The van der Waals surface area contributed by atoms with E-state index in [2.05, 4.69) is 20.8 Å². The van der Waals surface area contributed by atoms with Gasteiger partial charge in [-0.25, -0.2) is 4.79 Å². The van der Waals surface area contributed by atoms with Gasteiger partial charge in [-0.15, -0.1) is 0 Å². The summed E-state index contributed by atoms with van der Waals surface area (Å²) >= 11 is 6.11. The average molecular weight is 418 g/mol. The van der Waals surface area contributed by atoms with Gasteiger partial charge in [0.1, 0.15) is 12.0 Å². The Hall–Kier alpha value is -2.02. The minimum Gasteiger partial charge on any atom is -0.507 e. The van der Waals surface area contributed by atoms with Crippen molar-refractivity contribution in [2.24, 2.45) is 0 Å². The van der Waals surface area contributed by atoms with Crippen molar-refractivity contribution in [3.63, 3.8) is 0 Å². The molecule has 0 spiro atoms. The van der Waals surface area contributed by atoms with Gasteiger partial charge in [-0.05, 0) is 44.1 Å². The zero-order valence-electron chi connectivity index (χ0n) is 16.6. The molecule has 29 heavy (non-hydrogen) atoms. The summed E-state index contributed by atoms with van der Waals surface area (Å²) in [6.45, 7) is 6.40. The van der Waals surface area contributed by atoms with E-state index in [1.54, 1.807) is 0 Å². The van der Waals surface area contributed by atoms with Crippen LogP contribution in [0.3, 0.4) is 0 Å². The van der Waals surface area contributed by atoms with E-state index < -0.39 is 5.63 Å². The fourth-order valence-electron chi connectivity index (χ4n) is 4.21. The molecule has 2 fully saturated rings. The maximum absolute atomic E-state index is 12.3. The predicted molar refractivity (Wildman–Crippen MR) is 115 cm³/mol. The Bertz CT molecular complexity index is 887. The molecule has 2 aliphatic rings. The third kappa shape index (κ3) is 4.94. The molecule has 2 aliphatic heterocycles. The summed E-state index contributed by atoms with van der Waals surface area (Å²) in [6, 6.07) is 7.87. The van der Waals surface area contributed by atoms with Gasteiger partial charge in [-0.1, -0.05) is 24.1 Å². The highest BCUT2D eigenvalue weighted by molar-refractivity contribution is 6.30. The Labute approximate surface area is 176 Å². The molecule has 3 heterocycles. The number of piperidine rings is 1. The van der Waals surface area contributed by atoms with Crippen molar-refractivity contribution in [1.82, 2.24) is 9.80 Å². The lowest BCUT2D eigenvalue weighted by Gasteiger charge is -2.36. The van der Waals surface area contributed by atoms with Gasteiger partial charge in [0.05, 0.1) is 5.56 Å². The molecule has 0 saturated carbocycles. The number of piperazine rings is 1. The number of benzene rings is 1. The van der Waals surface area contributed by atoms with Gasteiger partial charge in [-0.2, -0.15) is 0 Å². The van der Waals surface area contributed by atoms with Gasteiger partial charge in [-0.3, -0.25) is 9.80 Å². The first-order chi connectivity index (χ1) is 14.1. The Morgan fingerprint density at radius 1 is 0.966 bits per heavy atom. The summed E-state index contributed by atoms with van der Waals surface area (Å²) in [5.74, 6) is 0.101. The minimum absolute atomic E-state index is 0.101. The zero-order valence-corrected chi connectivity index (χ0v) is 17.4. The van der Waals surface area contributed by atoms with Gasteiger partial charge in [0.15, 0.2) is 0 Å². The van der Waals surface area contributed by atoms with Crippen LogP contribution >= 0.6 is 11.6 Å². The van der Waals surface area contributed by atoms with Crippen LogP contribution in [0, 0.1) is 0 Å². The molecule has 0 atom stereocenters. The van der Waals surface area contributed by atoms with Crippen LogP contribution in [-0.2, 0) is 13.1 Å². The maximum atomic E-state index is 12.3. The van der Waals surface area contributed by atoms with Crippen molar-refractivity contribution in [2.75, 3.05) is 44.2 Å². The van der Waals surface area contributed by atoms with E-state index in [1.165, 1.54) is 25.5 Å². The summed E-state index contributed by atoms with van der Waals surface area (Å²) in [5, 5.41) is 11.5. The quantitative estimate of drug-likeness (QED) is 0.805. The van der Waals surface area contributed by atoms with Gasteiger partial charge in [0.25, 0.3) is 0 Å². The molecule has 0 unspecified atom stereocenters. The SMILES string of the molecule is O=c1occ(CN2CCCCC2)c(O)c1CN1CCN(c2cccc(Cl)c2)CC1. The van der Waals surface area contributed by atoms with Crippen LogP contribution in [0.5, 0.6) is 5.75 Å². The van der Waals surface area contributed by atoms with Crippen molar-refractivity contribution in [3.8, 4) is 5.75 Å². The third-order valence-corrected chi connectivity index (χ3v) is 6.15. The van der Waals surface area contributed by atoms with E-state index in [0.29, 0.717) is 24.2 Å². The fraction of sp³-hybridized carbons (Fsp3) is 0.500. The largest absolute Gasteiger partial charge is 0.507 e. The summed E-state index contributed by atoms with van der Waals surface area (Å²) in [4.78, 5) is 19.1. The first-order valence-electron chi connectivity index (χ1n) is 10.4. The van der Waals surface area contributed by atoms with Crippen molar-refractivity contribution in [1.29, 1.82) is 0 Å². The van der Waals surface area contributed by atoms with E-state index in [9.17, 15) is 9.90 Å². The second-order valence-corrected chi connectivity index (χ2v) is 8.39. The standard InChI is InChI=1S/C22H28ClN3O3/c23-18-5-4-6-19(13-18)26-11-9-25(10-12-26)15-20-21(27)17(16-29-22(20)28)14-24-7-2-1-3-8-24/h4-6,13,16,27H,1-3,7-12,14-15H2. The highest BCUT2D eigenvalue weighted by Gasteiger charge is 2.22. The number of likely N-dealkylation sites (tertiary alicyclic amines) is 1. The molecule has 0 amide bonds. The Balaban J connectivity index is 1.40. The number of halogens is 1. The molecule has 4 rings (SSSR count). The maximum Gasteiger partial charge on any atom is 0.343 e. The lowest BCUT2D eigenvalue weighted by Crippen LogP contribution is -2.46. The second-order valence-electron chi connectivity index (χ2n) is 7.96. The van der Waals surface area contributed by atoms with Gasteiger partial charge in [0.2, 0.25) is 0 Å². The number of hydrogen-bond donors (Lipinski definition) is 1. The van der Waals surface area contributed by atoms with Crippen LogP contribution in [0.25, 0.3) is 0 Å². The van der Waals surface area contributed by atoms with Crippen LogP contribution in [0.4, 0.5) is 5.69 Å². The fourth-order valence-corrected chi connectivity index (χ4v) is 4.40. The summed E-state index contributed by atoms with van der Waals surface area (Å²) < 4.78 is 5.26. The number of anilines is 1. The van der Waals surface area contributed by atoms with Crippen molar-refractivity contribution in [3.05, 3.63) is 57.1 Å². The molecule has 1 aromatic carbocycles. The lowest BCUT2D eigenvalue weighted by molar-refractivity contribution is 0.213. The van der Waals surface area contributed by atoms with E-state index in [1.807, 2.05) is 18.2 Å². The van der Waals surface area contributed by atoms with Crippen molar-refractivity contribution >= 4 is 17.3 Å². The highest BCUT2D eigenvalue weighted by atomic mass is 35.5. The van der Waals surface area contributed by atoms with Crippen LogP contribution in [0.2, 0.25) is 5.02 Å². The second kappa shape index (κ2) is 9.20. The monoisotopic (exact) mass is 417 g/mol. The molecule has 0 radical (unpaired) electrons. The molecular formula is C22H28ClN3O3. The highest BCUT2D eigenvalue weighted by Crippen LogP contribution is 2.25. The number of nitrogens with zero attached hydrogens (tertiary/aromatic N) is 3. The molecule has 1 N–H and O–H groups in total. The Morgan fingerprint density at radius 3 is 2.41 bits per heavy atom. The molecule has 7 heteroatoms. The molecule has 0 aliphatic carbocycles. The molecular weight excluding hydrogens is 390 g/mol.